The number of hydrogen-bond acceptors (Lipinski definition) is 6. The van der Waals surface area contributed by atoms with Gasteiger partial charge < -0.3 is 0 Å². The van der Waals surface area contributed by atoms with Gasteiger partial charge >= 0.3 is 0 Å². The Bertz CT molecular complexity index is 1070. The van der Waals surface area contributed by atoms with Crippen LogP contribution in [-0.2, 0) is 10.0 Å². The number of nitrogens with zero attached hydrogens (tertiary/aromatic N) is 4. The largest absolute Gasteiger partial charge is 0.288 e. The first kappa shape index (κ1) is 20.0. The van der Waals surface area contributed by atoms with E-state index >= 15 is 0 Å². The van der Waals surface area contributed by atoms with Gasteiger partial charge in [-0.1, -0.05) is 30.3 Å². The molecule has 1 aliphatic heterocycles. The van der Waals surface area contributed by atoms with Crippen molar-refractivity contribution < 1.29 is 13.2 Å². The lowest BCUT2D eigenvalue weighted by Crippen LogP contribution is -2.50. The average molecular weight is 431 g/mol. The molecule has 152 valence electrons. The van der Waals surface area contributed by atoms with Crippen molar-refractivity contribution in [3.8, 4) is 5.00 Å². The van der Waals surface area contributed by atoms with Gasteiger partial charge in [-0.2, -0.15) is 4.31 Å². The summed E-state index contributed by atoms with van der Waals surface area (Å²) < 4.78 is 27.0. The van der Waals surface area contributed by atoms with Gasteiger partial charge in [0, 0.05) is 38.6 Å². The lowest BCUT2D eigenvalue weighted by atomic mass is 9.99. The van der Waals surface area contributed by atoms with Crippen molar-refractivity contribution in [3.05, 3.63) is 71.6 Å². The van der Waals surface area contributed by atoms with Crippen molar-refractivity contribution in [3.63, 3.8) is 0 Å². The molecule has 0 radical (unpaired) electrons. The third-order valence-corrected chi connectivity index (χ3v) is 7.25. The molecular formula is C20H22N4O3S2. The molecule has 3 heterocycles. The molecule has 4 rings (SSSR count). The van der Waals surface area contributed by atoms with E-state index in [-0.39, 0.29) is 5.78 Å². The third kappa shape index (κ3) is 4.18. The summed E-state index contributed by atoms with van der Waals surface area (Å²) in [4.78, 5) is 20.1. The smallest absolute Gasteiger partial charge is 0.220 e. The van der Waals surface area contributed by atoms with Crippen LogP contribution in [0.15, 0.2) is 60.2 Å². The van der Waals surface area contributed by atoms with Gasteiger partial charge in [-0.25, -0.2) is 13.4 Å². The van der Waals surface area contributed by atoms with Crippen LogP contribution in [0.5, 0.6) is 0 Å². The SMILES string of the molecule is CS(=O)(=O)N1CCN([C@H](C(=O)c2nccn2-c2cccs2)c2ccccc2)CC1. The molecule has 0 spiro atoms. The highest BCUT2D eigenvalue weighted by Crippen LogP contribution is 2.28. The molecule has 0 unspecified atom stereocenters. The first-order chi connectivity index (χ1) is 13.9. The Labute approximate surface area is 174 Å². The van der Waals surface area contributed by atoms with E-state index in [1.165, 1.54) is 10.6 Å². The Hall–Kier alpha value is -2.33. The number of benzene rings is 1. The molecule has 0 N–H and O–H groups in total. The molecular weight excluding hydrogens is 408 g/mol. The van der Waals surface area contributed by atoms with Crippen molar-refractivity contribution in [2.45, 2.75) is 6.04 Å². The van der Waals surface area contributed by atoms with E-state index in [1.807, 2.05) is 57.3 Å². The van der Waals surface area contributed by atoms with Crippen LogP contribution in [0, 0.1) is 0 Å². The third-order valence-electron chi connectivity index (χ3n) is 5.08. The number of aromatic nitrogens is 2. The molecule has 0 bridgehead atoms. The molecule has 29 heavy (non-hydrogen) atoms. The second-order valence-electron chi connectivity index (χ2n) is 6.95. The zero-order chi connectivity index (χ0) is 20.4. The lowest BCUT2D eigenvalue weighted by Gasteiger charge is -2.37. The van der Waals surface area contributed by atoms with E-state index in [0.717, 1.165) is 10.6 Å². The number of ketones is 1. The number of carbonyl (C=O) groups excluding carboxylic acids is 1. The normalized spacial score (nSPS) is 17.3. The molecule has 9 heteroatoms. The number of rotatable bonds is 6. The van der Waals surface area contributed by atoms with Crippen LogP contribution in [0.4, 0.5) is 0 Å². The maximum Gasteiger partial charge on any atom is 0.220 e. The maximum atomic E-state index is 13.6. The van der Waals surface area contributed by atoms with Gasteiger partial charge in [0.25, 0.3) is 0 Å². The summed E-state index contributed by atoms with van der Waals surface area (Å²) in [6.07, 6.45) is 4.65. The summed E-state index contributed by atoms with van der Waals surface area (Å²) >= 11 is 1.54. The molecule has 7 nitrogen and oxygen atoms in total. The number of sulfonamides is 1. The van der Waals surface area contributed by atoms with Crippen molar-refractivity contribution >= 4 is 27.1 Å². The zero-order valence-electron chi connectivity index (χ0n) is 16.0. The fourth-order valence-corrected chi connectivity index (χ4v) is 5.19. The maximum absolute atomic E-state index is 13.6. The van der Waals surface area contributed by atoms with E-state index < -0.39 is 16.1 Å². The summed E-state index contributed by atoms with van der Waals surface area (Å²) in [7, 11) is -3.23. The summed E-state index contributed by atoms with van der Waals surface area (Å²) in [5.74, 6) is 0.286. The number of piperazine rings is 1. The molecule has 2 aromatic heterocycles. The first-order valence-corrected chi connectivity index (χ1v) is 12.0. The Morgan fingerprint density at radius 3 is 2.41 bits per heavy atom. The second-order valence-corrected chi connectivity index (χ2v) is 9.86. The number of imidazole rings is 1. The second kappa shape index (κ2) is 8.19. The van der Waals surface area contributed by atoms with Crippen molar-refractivity contribution in [2.75, 3.05) is 32.4 Å². The van der Waals surface area contributed by atoms with E-state index in [1.54, 1.807) is 23.7 Å². The van der Waals surface area contributed by atoms with Crippen LogP contribution >= 0.6 is 11.3 Å². The van der Waals surface area contributed by atoms with E-state index in [0.29, 0.717) is 32.0 Å². The predicted molar refractivity (Wildman–Crippen MR) is 113 cm³/mol. The zero-order valence-corrected chi connectivity index (χ0v) is 17.6. The summed E-state index contributed by atoms with van der Waals surface area (Å²) in [5.41, 5.74) is 0.881. The van der Waals surface area contributed by atoms with Crippen LogP contribution < -0.4 is 0 Å². The molecule has 1 fully saturated rings. The fraction of sp³-hybridized carbons (Fsp3) is 0.300. The van der Waals surface area contributed by atoms with Gasteiger partial charge in [-0.05, 0) is 23.1 Å². The van der Waals surface area contributed by atoms with Crippen molar-refractivity contribution in [1.82, 2.24) is 18.8 Å². The summed E-state index contributed by atoms with van der Waals surface area (Å²) in [5, 5.41) is 2.89. The van der Waals surface area contributed by atoms with Gasteiger partial charge in [0.15, 0.2) is 5.82 Å². The highest BCUT2D eigenvalue weighted by molar-refractivity contribution is 7.88. The topological polar surface area (TPSA) is 75.5 Å². The minimum Gasteiger partial charge on any atom is -0.288 e. The van der Waals surface area contributed by atoms with Crippen LogP contribution in [-0.4, -0.2) is 65.4 Å². The van der Waals surface area contributed by atoms with Gasteiger partial charge in [0.05, 0.1) is 6.26 Å². The van der Waals surface area contributed by atoms with Crippen molar-refractivity contribution in [1.29, 1.82) is 0 Å². The first-order valence-electron chi connectivity index (χ1n) is 9.31. The predicted octanol–water partition coefficient (Wildman–Crippen LogP) is 2.44. The number of carbonyl (C=O) groups is 1. The lowest BCUT2D eigenvalue weighted by molar-refractivity contribution is 0.0741. The highest BCUT2D eigenvalue weighted by Gasteiger charge is 2.34. The van der Waals surface area contributed by atoms with Gasteiger partial charge in [0.2, 0.25) is 15.8 Å². The van der Waals surface area contributed by atoms with Gasteiger partial charge in [-0.15, -0.1) is 11.3 Å². The number of thiophene rings is 1. The molecule has 1 aromatic carbocycles. The minimum absolute atomic E-state index is 0.0950. The Kier molecular flexibility index (Phi) is 5.64. The van der Waals surface area contributed by atoms with Gasteiger partial charge in [0.1, 0.15) is 11.0 Å². The van der Waals surface area contributed by atoms with Crippen molar-refractivity contribution in [2.24, 2.45) is 0 Å². The molecule has 3 aromatic rings. The molecule has 1 atom stereocenters. The average Bonchev–Trinajstić information content (AvgIpc) is 3.40. The standard InChI is InChI=1S/C20H22N4O3S2/c1-29(26,27)23-13-11-22(12-14-23)18(16-6-3-2-4-7-16)19(25)20-21-9-10-24(20)17-8-5-15-28-17/h2-10,15,18H,11-14H2,1H3/t18-/m0/s1. The number of hydrogen-bond donors (Lipinski definition) is 0. The molecule has 0 aliphatic carbocycles. The van der Waals surface area contributed by atoms with E-state index in [9.17, 15) is 13.2 Å². The van der Waals surface area contributed by atoms with Crippen LogP contribution in [0.1, 0.15) is 22.2 Å². The van der Waals surface area contributed by atoms with Crippen LogP contribution in [0.2, 0.25) is 0 Å². The summed E-state index contributed by atoms with van der Waals surface area (Å²) in [6, 6.07) is 13.0. The van der Waals surface area contributed by atoms with Crippen LogP contribution in [0.25, 0.3) is 5.00 Å². The van der Waals surface area contributed by atoms with Gasteiger partial charge in [-0.3, -0.25) is 14.3 Å². The fourth-order valence-electron chi connectivity index (χ4n) is 3.65. The molecule has 1 saturated heterocycles. The Morgan fingerprint density at radius 2 is 1.79 bits per heavy atom. The van der Waals surface area contributed by atoms with E-state index in [2.05, 4.69) is 4.98 Å². The minimum atomic E-state index is -3.23. The molecule has 0 saturated carbocycles. The quantitative estimate of drug-likeness (QED) is 0.562. The Morgan fingerprint density at radius 1 is 1.07 bits per heavy atom. The van der Waals surface area contributed by atoms with Crippen LogP contribution in [0.3, 0.4) is 0 Å². The Balaban J connectivity index is 1.66. The molecule has 1 aliphatic rings. The molecule has 0 amide bonds. The number of Topliss-reactive ketones (excluding diaryl/α,β-unsaturated/α-hetero) is 1. The monoisotopic (exact) mass is 430 g/mol. The summed E-state index contributed by atoms with van der Waals surface area (Å²) in [6.45, 7) is 1.71. The van der Waals surface area contributed by atoms with E-state index in [4.69, 9.17) is 0 Å². The highest BCUT2D eigenvalue weighted by atomic mass is 32.2.